The van der Waals surface area contributed by atoms with Crippen molar-refractivity contribution < 1.29 is 4.79 Å². The Morgan fingerprint density at radius 1 is 1.37 bits per heavy atom. The molecule has 2 aromatic rings. The van der Waals surface area contributed by atoms with Gasteiger partial charge in [0.1, 0.15) is 5.65 Å². The number of hydrogen-bond donors (Lipinski definition) is 0. The summed E-state index contributed by atoms with van der Waals surface area (Å²) in [6.45, 7) is 5.47. The van der Waals surface area contributed by atoms with Crippen molar-refractivity contribution in [2.24, 2.45) is 0 Å². The summed E-state index contributed by atoms with van der Waals surface area (Å²) in [5.41, 5.74) is 1.89. The minimum Gasteiger partial charge on any atom is -0.339 e. The largest absolute Gasteiger partial charge is 0.339 e. The lowest BCUT2D eigenvalue weighted by molar-refractivity contribution is -0.125. The summed E-state index contributed by atoms with van der Waals surface area (Å²) >= 11 is 1.51. The summed E-state index contributed by atoms with van der Waals surface area (Å²) < 4.78 is 2.07. The second-order valence-electron chi connectivity index (χ2n) is 4.33. The van der Waals surface area contributed by atoms with Crippen LogP contribution in [0.5, 0.6) is 0 Å². The van der Waals surface area contributed by atoms with E-state index < -0.39 is 0 Å². The van der Waals surface area contributed by atoms with E-state index in [1.165, 1.54) is 11.8 Å². The van der Waals surface area contributed by atoms with Gasteiger partial charge in [-0.2, -0.15) is 0 Å². The van der Waals surface area contributed by atoms with Crippen molar-refractivity contribution in [1.82, 2.24) is 14.3 Å². The number of imidazole rings is 1. The van der Waals surface area contributed by atoms with Crippen LogP contribution in [0.3, 0.4) is 0 Å². The van der Waals surface area contributed by atoms with Gasteiger partial charge in [0.05, 0.1) is 21.8 Å². The first-order valence-corrected chi connectivity index (χ1v) is 7.21. The zero-order chi connectivity index (χ0) is 13.4. The number of carbonyl (C=O) groups is 1. The minimum atomic E-state index is 0.0967. The van der Waals surface area contributed by atoms with Crippen LogP contribution in [0.15, 0.2) is 34.3 Å². The van der Waals surface area contributed by atoms with Crippen LogP contribution in [-0.2, 0) is 4.79 Å². The molecule has 1 aliphatic rings. The molecule has 0 atom stereocenters. The fraction of sp³-hybridized carbons (Fsp3) is 0.286. The van der Waals surface area contributed by atoms with E-state index in [1.807, 2.05) is 49.2 Å². The fourth-order valence-corrected chi connectivity index (χ4v) is 3.32. The number of rotatable bonds is 3. The van der Waals surface area contributed by atoms with E-state index in [0.717, 1.165) is 34.4 Å². The van der Waals surface area contributed by atoms with Crippen molar-refractivity contribution >= 4 is 29.4 Å². The first-order chi connectivity index (χ1) is 9.24. The quantitative estimate of drug-likeness (QED) is 0.863. The number of carbonyl (C=O) groups excluding carboxylic acids is 1. The van der Waals surface area contributed by atoms with Crippen molar-refractivity contribution in [2.75, 3.05) is 13.1 Å². The van der Waals surface area contributed by atoms with E-state index in [1.54, 1.807) is 0 Å². The Morgan fingerprint density at radius 2 is 2.16 bits per heavy atom. The molecule has 0 N–H and O–H groups in total. The van der Waals surface area contributed by atoms with Gasteiger partial charge in [0.25, 0.3) is 5.91 Å². The van der Waals surface area contributed by atoms with Gasteiger partial charge in [-0.3, -0.25) is 9.20 Å². The number of aromatic nitrogens is 2. The summed E-state index contributed by atoms with van der Waals surface area (Å²) in [6, 6.07) is 5.96. The summed E-state index contributed by atoms with van der Waals surface area (Å²) in [5.74, 6) is 0.0967. The molecule has 0 saturated carbocycles. The molecule has 0 aliphatic carbocycles. The molecule has 4 nitrogen and oxygen atoms in total. The van der Waals surface area contributed by atoms with Gasteiger partial charge in [0.15, 0.2) is 0 Å². The van der Waals surface area contributed by atoms with Gasteiger partial charge in [0, 0.05) is 13.1 Å². The van der Waals surface area contributed by atoms with Crippen molar-refractivity contribution in [1.29, 1.82) is 0 Å². The molecular formula is C14H15N3OS. The Labute approximate surface area is 116 Å². The van der Waals surface area contributed by atoms with Crippen LogP contribution in [0, 0.1) is 0 Å². The molecule has 5 heteroatoms. The minimum absolute atomic E-state index is 0.0967. The second kappa shape index (κ2) is 4.74. The maximum atomic E-state index is 12.4. The van der Waals surface area contributed by atoms with Crippen LogP contribution in [0.4, 0.5) is 0 Å². The molecule has 0 aromatic carbocycles. The normalized spacial score (nSPS) is 13.5. The fourth-order valence-electron chi connectivity index (χ4n) is 2.26. The SMILES string of the molecule is CCN(CC)C(=O)C1=Cc2cnc3cccc(n23)S1. The van der Waals surface area contributed by atoms with E-state index >= 15 is 0 Å². The van der Waals surface area contributed by atoms with Crippen LogP contribution in [0.25, 0.3) is 11.7 Å². The molecule has 0 spiro atoms. The highest BCUT2D eigenvalue weighted by Gasteiger charge is 2.22. The zero-order valence-corrected chi connectivity index (χ0v) is 11.8. The Balaban J connectivity index is 2.04. The number of thioether (sulfide) groups is 1. The lowest BCUT2D eigenvalue weighted by atomic mass is 10.3. The Hall–Kier alpha value is -1.75. The van der Waals surface area contributed by atoms with Crippen LogP contribution < -0.4 is 0 Å². The third-order valence-electron chi connectivity index (χ3n) is 3.28. The number of likely N-dealkylation sites (N-methyl/N-ethyl adjacent to an activating group) is 1. The monoisotopic (exact) mass is 273 g/mol. The van der Waals surface area contributed by atoms with Gasteiger partial charge < -0.3 is 4.90 Å². The van der Waals surface area contributed by atoms with Gasteiger partial charge in [-0.15, -0.1) is 0 Å². The lowest BCUT2D eigenvalue weighted by Crippen LogP contribution is -2.31. The first kappa shape index (κ1) is 12.3. The molecule has 2 aromatic heterocycles. The van der Waals surface area contributed by atoms with Crippen molar-refractivity contribution in [3.05, 3.63) is 35.0 Å². The molecule has 0 bridgehead atoms. The molecular weight excluding hydrogens is 258 g/mol. The third kappa shape index (κ3) is 1.94. The van der Waals surface area contributed by atoms with E-state index in [0.29, 0.717) is 0 Å². The standard InChI is InChI=1S/C14H15N3OS/c1-3-16(4-2)14(18)11-8-10-9-15-12-6-5-7-13(19-11)17(10)12/h5-9H,3-4H2,1-2H3. The van der Waals surface area contributed by atoms with Crippen LogP contribution in [0.2, 0.25) is 0 Å². The third-order valence-corrected chi connectivity index (χ3v) is 4.32. The predicted octanol–water partition coefficient (Wildman–Crippen LogP) is 2.65. The average Bonchev–Trinajstić information content (AvgIpc) is 2.85. The molecule has 1 amide bonds. The molecule has 0 saturated heterocycles. The molecule has 0 unspecified atom stereocenters. The Morgan fingerprint density at radius 3 is 2.89 bits per heavy atom. The first-order valence-electron chi connectivity index (χ1n) is 6.40. The topological polar surface area (TPSA) is 37.6 Å². The highest BCUT2D eigenvalue weighted by atomic mass is 32.2. The number of pyridine rings is 1. The van der Waals surface area contributed by atoms with Crippen molar-refractivity contribution in [3.8, 4) is 0 Å². The Bertz CT molecular complexity index is 670. The maximum Gasteiger partial charge on any atom is 0.260 e. The molecule has 0 radical (unpaired) electrons. The summed E-state index contributed by atoms with van der Waals surface area (Å²) in [7, 11) is 0. The smallest absolute Gasteiger partial charge is 0.260 e. The van der Waals surface area contributed by atoms with E-state index in [2.05, 4.69) is 9.38 Å². The zero-order valence-electron chi connectivity index (χ0n) is 11.0. The second-order valence-corrected chi connectivity index (χ2v) is 5.39. The summed E-state index contributed by atoms with van der Waals surface area (Å²) in [4.78, 5) is 19.4. The number of amides is 1. The number of hydrogen-bond acceptors (Lipinski definition) is 3. The highest BCUT2D eigenvalue weighted by Crippen LogP contribution is 2.35. The average molecular weight is 273 g/mol. The van der Waals surface area contributed by atoms with E-state index in [-0.39, 0.29) is 5.91 Å². The molecule has 0 fully saturated rings. The highest BCUT2D eigenvalue weighted by molar-refractivity contribution is 8.04. The van der Waals surface area contributed by atoms with Gasteiger partial charge in [-0.25, -0.2) is 4.98 Å². The summed E-state index contributed by atoms with van der Waals surface area (Å²) in [6.07, 6.45) is 3.74. The maximum absolute atomic E-state index is 12.4. The number of nitrogens with zero attached hydrogens (tertiary/aromatic N) is 3. The molecule has 1 aliphatic heterocycles. The molecule has 19 heavy (non-hydrogen) atoms. The van der Waals surface area contributed by atoms with Gasteiger partial charge in [-0.1, -0.05) is 17.8 Å². The van der Waals surface area contributed by atoms with Crippen LogP contribution in [0.1, 0.15) is 19.5 Å². The van der Waals surface area contributed by atoms with Crippen molar-refractivity contribution in [2.45, 2.75) is 18.9 Å². The summed E-state index contributed by atoms with van der Waals surface area (Å²) in [5, 5.41) is 1.04. The van der Waals surface area contributed by atoms with Crippen molar-refractivity contribution in [3.63, 3.8) is 0 Å². The van der Waals surface area contributed by atoms with Gasteiger partial charge in [0.2, 0.25) is 0 Å². The molecule has 98 valence electrons. The predicted molar refractivity (Wildman–Crippen MR) is 77.0 cm³/mol. The van der Waals surface area contributed by atoms with E-state index in [9.17, 15) is 4.79 Å². The van der Waals surface area contributed by atoms with Gasteiger partial charge >= 0.3 is 0 Å². The molecule has 3 heterocycles. The van der Waals surface area contributed by atoms with Crippen LogP contribution in [-0.4, -0.2) is 33.3 Å². The van der Waals surface area contributed by atoms with Gasteiger partial charge in [-0.05, 0) is 32.1 Å². The van der Waals surface area contributed by atoms with Crippen LogP contribution >= 0.6 is 11.8 Å². The lowest BCUT2D eigenvalue weighted by Gasteiger charge is -2.22. The van der Waals surface area contributed by atoms with E-state index in [4.69, 9.17) is 0 Å². The Kier molecular flexibility index (Phi) is 3.06. The molecule has 3 rings (SSSR count).